The first-order chi connectivity index (χ1) is 12.6. The summed E-state index contributed by atoms with van der Waals surface area (Å²) in [6.07, 6.45) is 4.10. The second-order valence-electron chi connectivity index (χ2n) is 5.49. The number of nitrogens with one attached hydrogen (secondary N) is 1. The molecular weight excluding hydrogens is 402 g/mol. The Hall–Kier alpha value is -2.96. The molecule has 0 aliphatic rings. The van der Waals surface area contributed by atoms with E-state index in [0.29, 0.717) is 10.2 Å². The molecule has 1 amide bonds. The standard InChI is InChI=1S/C18H13FN4O2Se/c1-23-14(9-13(22-23)15-3-2-8-25-15)16-4-5-17(26-16)18(24)21-12-6-7-20-10-11(12)19/h2-10H,1H3,(H,20,21,24). The van der Waals surface area contributed by atoms with Crippen LogP contribution in [0, 0.1) is 5.82 Å². The van der Waals surface area contributed by atoms with Crippen LogP contribution in [-0.2, 0) is 7.05 Å². The summed E-state index contributed by atoms with van der Waals surface area (Å²) in [6.45, 7) is 0. The topological polar surface area (TPSA) is 73.0 Å². The first-order valence-electron chi connectivity index (χ1n) is 7.71. The number of halogens is 1. The Morgan fingerprint density at radius 2 is 2.19 bits per heavy atom. The molecule has 0 unspecified atom stereocenters. The minimum atomic E-state index is -0.560. The Balaban J connectivity index is 1.58. The van der Waals surface area contributed by atoms with E-state index in [4.69, 9.17) is 4.42 Å². The normalized spacial score (nSPS) is 10.8. The van der Waals surface area contributed by atoms with Gasteiger partial charge in [-0.25, -0.2) is 0 Å². The van der Waals surface area contributed by atoms with Crippen molar-refractivity contribution < 1.29 is 13.6 Å². The van der Waals surface area contributed by atoms with Crippen LogP contribution in [0.2, 0.25) is 0 Å². The number of furan rings is 1. The van der Waals surface area contributed by atoms with Crippen LogP contribution in [0.4, 0.5) is 10.1 Å². The minimum absolute atomic E-state index is 0.121. The quantitative estimate of drug-likeness (QED) is 0.520. The maximum absolute atomic E-state index is 13.6. The fourth-order valence-corrected chi connectivity index (χ4v) is 4.49. The van der Waals surface area contributed by atoms with Gasteiger partial charge in [-0.05, 0) is 0 Å². The summed E-state index contributed by atoms with van der Waals surface area (Å²) in [5.74, 6) is -0.179. The molecule has 0 saturated carbocycles. The molecule has 4 aromatic rings. The van der Waals surface area contributed by atoms with Crippen molar-refractivity contribution in [2.75, 3.05) is 5.32 Å². The number of amides is 1. The molecule has 8 heteroatoms. The molecule has 0 saturated heterocycles. The van der Waals surface area contributed by atoms with Gasteiger partial charge in [-0.2, -0.15) is 0 Å². The monoisotopic (exact) mass is 416 g/mol. The maximum atomic E-state index is 13.6. The predicted molar refractivity (Wildman–Crippen MR) is 95.4 cm³/mol. The van der Waals surface area contributed by atoms with Crippen LogP contribution in [0.5, 0.6) is 0 Å². The molecule has 1 N–H and O–H groups in total. The van der Waals surface area contributed by atoms with Crippen LogP contribution in [0.1, 0.15) is 9.23 Å². The van der Waals surface area contributed by atoms with Crippen LogP contribution < -0.4 is 5.32 Å². The van der Waals surface area contributed by atoms with Crippen molar-refractivity contribution in [1.82, 2.24) is 14.8 Å². The van der Waals surface area contributed by atoms with Crippen LogP contribution in [-0.4, -0.2) is 35.2 Å². The molecule has 0 fully saturated rings. The first-order valence-corrected chi connectivity index (χ1v) is 9.42. The molecule has 0 radical (unpaired) electrons. The number of anilines is 1. The van der Waals surface area contributed by atoms with E-state index in [0.717, 1.165) is 22.0 Å². The number of hydrogen-bond acceptors (Lipinski definition) is 4. The Morgan fingerprint density at radius 3 is 2.96 bits per heavy atom. The van der Waals surface area contributed by atoms with E-state index in [1.54, 1.807) is 17.0 Å². The number of aromatic nitrogens is 3. The number of carbonyl (C=O) groups excluding carboxylic acids is 1. The van der Waals surface area contributed by atoms with E-state index >= 15 is 0 Å². The van der Waals surface area contributed by atoms with Crippen molar-refractivity contribution in [3.8, 4) is 21.6 Å². The van der Waals surface area contributed by atoms with Crippen LogP contribution >= 0.6 is 0 Å². The number of nitrogens with zero attached hydrogens (tertiary/aromatic N) is 3. The SMILES string of the molecule is Cn1nc(-c2ccco2)cc1-c1ccc(C(=O)Nc2ccncc2F)[se]1. The molecule has 4 heterocycles. The van der Waals surface area contributed by atoms with Crippen molar-refractivity contribution in [2.24, 2.45) is 7.05 Å². The molecule has 0 aromatic carbocycles. The molecule has 26 heavy (non-hydrogen) atoms. The van der Waals surface area contributed by atoms with E-state index < -0.39 is 5.82 Å². The average Bonchev–Trinajstić information content (AvgIpc) is 3.36. The number of pyridine rings is 1. The van der Waals surface area contributed by atoms with E-state index in [2.05, 4.69) is 15.4 Å². The van der Waals surface area contributed by atoms with Gasteiger partial charge in [0.25, 0.3) is 0 Å². The third kappa shape index (κ3) is 3.12. The molecule has 6 nitrogen and oxygen atoms in total. The third-order valence-corrected chi connectivity index (χ3v) is 6.08. The fraction of sp³-hybridized carbons (Fsp3) is 0.0556. The Bertz CT molecular complexity index is 1070. The summed E-state index contributed by atoms with van der Waals surface area (Å²) in [5.41, 5.74) is 1.78. The Labute approximate surface area is 154 Å². The van der Waals surface area contributed by atoms with E-state index in [9.17, 15) is 9.18 Å². The molecule has 0 aliphatic carbocycles. The van der Waals surface area contributed by atoms with Gasteiger partial charge in [0.15, 0.2) is 0 Å². The van der Waals surface area contributed by atoms with Crippen LogP contribution in [0.25, 0.3) is 21.6 Å². The molecule has 0 bridgehead atoms. The summed E-state index contributed by atoms with van der Waals surface area (Å²) >= 11 is -0.207. The number of rotatable bonds is 4. The summed E-state index contributed by atoms with van der Waals surface area (Å²) in [5, 5.41) is 7.05. The fourth-order valence-electron chi connectivity index (χ4n) is 2.50. The first kappa shape index (κ1) is 16.5. The van der Waals surface area contributed by atoms with Gasteiger partial charge in [0.1, 0.15) is 0 Å². The molecule has 0 spiro atoms. The number of carbonyl (C=O) groups is 1. The van der Waals surface area contributed by atoms with E-state index in [-0.39, 0.29) is 26.1 Å². The Kier molecular flexibility index (Phi) is 4.28. The van der Waals surface area contributed by atoms with Crippen molar-refractivity contribution in [2.45, 2.75) is 0 Å². The molecule has 0 aliphatic heterocycles. The Morgan fingerprint density at radius 1 is 1.31 bits per heavy atom. The van der Waals surface area contributed by atoms with Crippen molar-refractivity contribution in [3.63, 3.8) is 0 Å². The zero-order chi connectivity index (χ0) is 18.1. The van der Waals surface area contributed by atoms with E-state index in [1.165, 1.54) is 12.3 Å². The van der Waals surface area contributed by atoms with Gasteiger partial charge in [-0.15, -0.1) is 0 Å². The summed E-state index contributed by atoms with van der Waals surface area (Å²) in [7, 11) is 1.85. The second-order valence-corrected chi connectivity index (χ2v) is 7.76. The summed E-state index contributed by atoms with van der Waals surface area (Å²) < 4.78 is 22.4. The van der Waals surface area contributed by atoms with Gasteiger partial charge in [0.05, 0.1) is 0 Å². The van der Waals surface area contributed by atoms with Gasteiger partial charge in [0, 0.05) is 0 Å². The van der Waals surface area contributed by atoms with E-state index in [1.807, 2.05) is 31.3 Å². The van der Waals surface area contributed by atoms with Crippen molar-refractivity contribution in [3.05, 3.63) is 65.3 Å². The van der Waals surface area contributed by atoms with Crippen LogP contribution in [0.3, 0.4) is 0 Å². The van der Waals surface area contributed by atoms with Crippen LogP contribution in [0.15, 0.2) is 59.5 Å². The third-order valence-electron chi connectivity index (χ3n) is 3.76. The predicted octanol–water partition coefficient (Wildman–Crippen LogP) is 3.19. The molecule has 130 valence electrons. The van der Waals surface area contributed by atoms with Gasteiger partial charge in [0.2, 0.25) is 0 Å². The second kappa shape index (κ2) is 6.74. The summed E-state index contributed by atoms with van der Waals surface area (Å²) in [4.78, 5) is 16.1. The van der Waals surface area contributed by atoms with Gasteiger partial charge < -0.3 is 0 Å². The van der Waals surface area contributed by atoms with Crippen molar-refractivity contribution >= 4 is 26.1 Å². The molecule has 0 atom stereocenters. The average molecular weight is 415 g/mol. The van der Waals surface area contributed by atoms with Gasteiger partial charge in [-0.3, -0.25) is 0 Å². The number of aryl methyl sites for hydroxylation is 1. The molecular formula is C18H13FN4O2Se. The van der Waals surface area contributed by atoms with Gasteiger partial charge in [-0.1, -0.05) is 0 Å². The zero-order valence-corrected chi connectivity index (χ0v) is 15.4. The zero-order valence-electron chi connectivity index (χ0n) is 13.6. The van der Waals surface area contributed by atoms with Crippen molar-refractivity contribution in [1.29, 1.82) is 0 Å². The molecule has 4 aromatic heterocycles. The molecule has 4 rings (SSSR count). The number of hydrogen-bond donors (Lipinski definition) is 1. The van der Waals surface area contributed by atoms with Gasteiger partial charge >= 0.3 is 154 Å². The summed E-state index contributed by atoms with van der Waals surface area (Å²) in [6, 6.07) is 10.7.